The minimum atomic E-state index is -2.74. The molecular weight excluding hydrogens is 494 g/mol. The van der Waals surface area contributed by atoms with E-state index in [1.54, 1.807) is 6.33 Å². The molecule has 198 valence electrons. The fourth-order valence-corrected chi connectivity index (χ4v) is 10.7. The summed E-state index contributed by atoms with van der Waals surface area (Å²) in [6.45, 7) is 7.23. The van der Waals surface area contributed by atoms with Gasteiger partial charge in [0.15, 0.2) is 11.5 Å². The van der Waals surface area contributed by atoms with Crippen molar-refractivity contribution in [2.75, 3.05) is 19.5 Å². The Morgan fingerprint density at radius 1 is 1.00 bits per heavy atom. The van der Waals surface area contributed by atoms with Crippen molar-refractivity contribution < 1.29 is 14.0 Å². The zero-order chi connectivity index (χ0) is 26.9. The number of methoxy groups -OCH3 is 1. The van der Waals surface area contributed by atoms with Gasteiger partial charge in [0.05, 0.1) is 19.4 Å². The van der Waals surface area contributed by atoms with Gasteiger partial charge in [0.2, 0.25) is 0 Å². The first kappa shape index (κ1) is 26.1. The number of ether oxygens (including phenoxy) is 1. The number of benzene rings is 2. The molecule has 2 N–H and O–H groups in total. The molecule has 0 saturated heterocycles. The van der Waals surface area contributed by atoms with Crippen LogP contribution in [0.2, 0.25) is 5.04 Å². The fraction of sp³-hybridized carbons (Fsp3) is 0.379. The summed E-state index contributed by atoms with van der Waals surface area (Å²) in [6, 6.07) is 21.1. The molecule has 1 aliphatic carbocycles. The summed E-state index contributed by atoms with van der Waals surface area (Å²) in [6.07, 6.45) is 4.57. The van der Waals surface area contributed by atoms with Gasteiger partial charge in [0.25, 0.3) is 8.32 Å². The third kappa shape index (κ3) is 4.50. The molecular formula is C29H35N5O3Si. The Bertz CT molecular complexity index is 1360. The molecule has 2 aromatic carbocycles. The molecule has 2 aromatic heterocycles. The zero-order valence-electron chi connectivity index (χ0n) is 22.4. The topological polar surface area (TPSA) is 105 Å². The maximum atomic E-state index is 13.0. The lowest BCUT2D eigenvalue weighted by Crippen LogP contribution is -2.67. The molecule has 9 heteroatoms. The molecule has 2 heterocycles. The number of carbonyl (C=O) groups is 1. The zero-order valence-corrected chi connectivity index (χ0v) is 23.4. The summed E-state index contributed by atoms with van der Waals surface area (Å²) in [5, 5.41) is 2.29. The van der Waals surface area contributed by atoms with Crippen molar-refractivity contribution in [2.45, 2.75) is 44.7 Å². The van der Waals surface area contributed by atoms with Crippen LogP contribution in [-0.2, 0) is 14.0 Å². The molecule has 0 amide bonds. The van der Waals surface area contributed by atoms with Crippen LogP contribution in [-0.4, -0.2) is 47.5 Å². The van der Waals surface area contributed by atoms with Crippen LogP contribution in [0.3, 0.4) is 0 Å². The predicted molar refractivity (Wildman–Crippen MR) is 151 cm³/mol. The first-order chi connectivity index (χ1) is 18.3. The molecule has 1 fully saturated rings. The van der Waals surface area contributed by atoms with E-state index in [9.17, 15) is 4.79 Å². The second-order valence-corrected chi connectivity index (χ2v) is 15.4. The van der Waals surface area contributed by atoms with Gasteiger partial charge in [-0.3, -0.25) is 4.79 Å². The van der Waals surface area contributed by atoms with Gasteiger partial charge in [-0.15, -0.1) is 0 Å². The lowest BCUT2D eigenvalue weighted by atomic mass is 9.97. The molecule has 5 rings (SSSR count). The van der Waals surface area contributed by atoms with E-state index in [4.69, 9.17) is 14.9 Å². The maximum Gasteiger partial charge on any atom is 0.309 e. The van der Waals surface area contributed by atoms with Gasteiger partial charge in [-0.2, -0.15) is 0 Å². The van der Waals surface area contributed by atoms with E-state index in [-0.39, 0.29) is 28.9 Å². The quantitative estimate of drug-likeness (QED) is 0.287. The summed E-state index contributed by atoms with van der Waals surface area (Å²) in [7, 11) is -1.28. The number of nitrogens with two attached hydrogens (primary N) is 1. The van der Waals surface area contributed by atoms with Crippen LogP contribution in [0.15, 0.2) is 73.3 Å². The second-order valence-electron chi connectivity index (χ2n) is 11.1. The molecule has 4 aromatic rings. The standard InChI is InChI=1S/C29H35N5O3Si/c1-29(2,3)38(22-11-7-5-8-12-22,23-13-9-6-10-14-23)37-17-20-15-21(16-24(20)28(35)36-4)34-19-33-25-26(30)31-18-32-27(25)34/h5-14,18-21,24H,15-17H2,1-4H3,(H2,30,31,32)/t20-,21+,24-/m0/s1. The van der Waals surface area contributed by atoms with E-state index in [2.05, 4.69) is 84.3 Å². The largest absolute Gasteiger partial charge is 0.469 e. The van der Waals surface area contributed by atoms with Crippen LogP contribution in [0.1, 0.15) is 39.7 Å². The van der Waals surface area contributed by atoms with Gasteiger partial charge >= 0.3 is 5.97 Å². The molecule has 0 radical (unpaired) electrons. The minimum Gasteiger partial charge on any atom is -0.469 e. The summed E-state index contributed by atoms with van der Waals surface area (Å²) in [4.78, 5) is 25.9. The van der Waals surface area contributed by atoms with E-state index < -0.39 is 8.32 Å². The maximum absolute atomic E-state index is 13.0. The first-order valence-electron chi connectivity index (χ1n) is 13.0. The van der Waals surface area contributed by atoms with E-state index in [0.717, 1.165) is 6.42 Å². The molecule has 0 aliphatic heterocycles. The van der Waals surface area contributed by atoms with Crippen molar-refractivity contribution in [3.63, 3.8) is 0 Å². The van der Waals surface area contributed by atoms with E-state index in [1.165, 1.54) is 23.8 Å². The van der Waals surface area contributed by atoms with E-state index in [1.807, 2.05) is 16.7 Å². The SMILES string of the molecule is COC(=O)[C@H]1C[C@H](n2cnc3c(N)ncnc32)C[C@H]1CO[Si](c1ccccc1)(c1ccccc1)C(C)(C)C. The van der Waals surface area contributed by atoms with Gasteiger partial charge in [0.1, 0.15) is 11.8 Å². The van der Waals surface area contributed by atoms with Gasteiger partial charge in [-0.25, -0.2) is 15.0 Å². The molecule has 0 unspecified atom stereocenters. The van der Waals surface area contributed by atoms with Crippen LogP contribution < -0.4 is 16.1 Å². The first-order valence-corrected chi connectivity index (χ1v) is 14.9. The number of anilines is 1. The number of hydrogen-bond acceptors (Lipinski definition) is 7. The molecule has 0 bridgehead atoms. The highest BCUT2D eigenvalue weighted by atomic mass is 28.4. The fourth-order valence-electron chi connectivity index (χ4n) is 6.08. The van der Waals surface area contributed by atoms with Crippen LogP contribution in [0.5, 0.6) is 0 Å². The molecule has 38 heavy (non-hydrogen) atoms. The Labute approximate surface area is 224 Å². The summed E-state index contributed by atoms with van der Waals surface area (Å²) < 4.78 is 14.5. The van der Waals surface area contributed by atoms with Crippen LogP contribution in [0.25, 0.3) is 11.2 Å². The number of aromatic nitrogens is 4. The normalized spacial score (nSPS) is 20.1. The van der Waals surface area contributed by atoms with Gasteiger partial charge < -0.3 is 19.5 Å². The van der Waals surface area contributed by atoms with Gasteiger partial charge in [-0.1, -0.05) is 81.4 Å². The van der Waals surface area contributed by atoms with Gasteiger partial charge in [-0.05, 0) is 34.2 Å². The summed E-state index contributed by atoms with van der Waals surface area (Å²) >= 11 is 0. The number of rotatable bonds is 7. The smallest absolute Gasteiger partial charge is 0.309 e. The number of fused-ring (bicyclic) bond motifs is 1. The van der Waals surface area contributed by atoms with E-state index in [0.29, 0.717) is 30.0 Å². The van der Waals surface area contributed by atoms with Crippen molar-refractivity contribution in [1.82, 2.24) is 19.5 Å². The van der Waals surface area contributed by atoms with Gasteiger partial charge in [0, 0.05) is 12.6 Å². The Kier molecular flexibility index (Phi) is 7.07. The lowest BCUT2D eigenvalue weighted by Gasteiger charge is -2.43. The Hall–Kier alpha value is -3.56. The van der Waals surface area contributed by atoms with Crippen molar-refractivity contribution in [3.8, 4) is 0 Å². The number of carbonyl (C=O) groups excluding carboxylic acids is 1. The molecule has 1 saturated carbocycles. The second kappa shape index (κ2) is 10.3. The summed E-state index contributed by atoms with van der Waals surface area (Å²) in [5.74, 6) is -0.171. The predicted octanol–water partition coefficient (Wildman–Crippen LogP) is 3.73. The van der Waals surface area contributed by atoms with Crippen molar-refractivity contribution in [3.05, 3.63) is 73.3 Å². The molecule has 3 atom stereocenters. The Morgan fingerprint density at radius 3 is 2.21 bits per heavy atom. The molecule has 8 nitrogen and oxygen atoms in total. The highest BCUT2D eigenvalue weighted by Crippen LogP contribution is 2.43. The highest BCUT2D eigenvalue weighted by Gasteiger charge is 2.51. The third-order valence-electron chi connectivity index (χ3n) is 7.88. The highest BCUT2D eigenvalue weighted by molar-refractivity contribution is 6.99. The van der Waals surface area contributed by atoms with Crippen LogP contribution in [0.4, 0.5) is 5.82 Å². The van der Waals surface area contributed by atoms with Crippen LogP contribution in [0, 0.1) is 11.8 Å². The average molecular weight is 530 g/mol. The number of esters is 1. The van der Waals surface area contributed by atoms with E-state index >= 15 is 0 Å². The summed E-state index contributed by atoms with van der Waals surface area (Å²) in [5.41, 5.74) is 7.28. The average Bonchev–Trinajstić information content (AvgIpc) is 3.54. The number of imidazole rings is 1. The Balaban J connectivity index is 1.51. The molecule has 1 aliphatic rings. The minimum absolute atomic E-state index is 0.0196. The number of nitrogens with zero attached hydrogens (tertiary/aromatic N) is 4. The third-order valence-corrected chi connectivity index (χ3v) is 12.9. The Morgan fingerprint density at radius 2 is 1.63 bits per heavy atom. The van der Waals surface area contributed by atoms with Crippen LogP contribution >= 0.6 is 0 Å². The number of nitrogen functional groups attached to an aromatic ring is 1. The monoisotopic (exact) mass is 529 g/mol. The lowest BCUT2D eigenvalue weighted by molar-refractivity contribution is -0.147. The van der Waals surface area contributed by atoms with Crippen molar-refractivity contribution in [1.29, 1.82) is 0 Å². The molecule has 0 spiro atoms. The van der Waals surface area contributed by atoms with Crippen molar-refractivity contribution >= 4 is 41.6 Å². The van der Waals surface area contributed by atoms with Crippen molar-refractivity contribution in [2.24, 2.45) is 11.8 Å². The number of hydrogen-bond donors (Lipinski definition) is 1.